The molecule has 0 radical (unpaired) electrons. The van der Waals surface area contributed by atoms with Gasteiger partial charge in [-0.1, -0.05) is 6.07 Å². The summed E-state index contributed by atoms with van der Waals surface area (Å²) >= 11 is 0. The van der Waals surface area contributed by atoms with Gasteiger partial charge in [-0.05, 0) is 31.0 Å². The van der Waals surface area contributed by atoms with E-state index in [1.165, 1.54) is 13.0 Å². The first-order chi connectivity index (χ1) is 8.56. The molecule has 5 nitrogen and oxygen atoms in total. The molecule has 1 aliphatic heterocycles. The molecule has 0 saturated carbocycles. The van der Waals surface area contributed by atoms with Gasteiger partial charge in [0.05, 0.1) is 5.36 Å². The Kier molecular flexibility index (Phi) is 3.53. The Morgan fingerprint density at radius 3 is 3.00 bits per heavy atom. The first-order valence-corrected chi connectivity index (χ1v) is 5.75. The number of hydrogen-bond donors (Lipinski definition) is 2. The predicted octanol–water partition coefficient (Wildman–Crippen LogP) is -1.33. The molecule has 0 aliphatic carbocycles. The maximum absolute atomic E-state index is 11.1. The fourth-order valence-corrected chi connectivity index (χ4v) is 1.74. The molecule has 18 heavy (non-hydrogen) atoms. The number of carbonyl (C=O) groups excluding carboxylic acids is 2. The molecule has 0 fully saturated rings. The van der Waals surface area contributed by atoms with Crippen LogP contribution >= 0.6 is 0 Å². The minimum atomic E-state index is -0.991. The van der Waals surface area contributed by atoms with Crippen LogP contribution in [0.1, 0.15) is 12.5 Å². The molecule has 1 aromatic carbocycles. The van der Waals surface area contributed by atoms with E-state index in [2.05, 4.69) is 10.3 Å². The van der Waals surface area contributed by atoms with Crippen LogP contribution in [0.5, 0.6) is 0 Å². The Balaban J connectivity index is 1.99. The summed E-state index contributed by atoms with van der Waals surface area (Å²) < 4.78 is 0. The van der Waals surface area contributed by atoms with Crippen molar-refractivity contribution in [2.75, 3.05) is 6.54 Å². The molecule has 0 saturated heterocycles. The lowest BCUT2D eigenvalue weighted by atomic mass is 10.1. The highest BCUT2D eigenvalue weighted by molar-refractivity contribution is 6.06. The molecule has 94 valence electrons. The topological polar surface area (TPSA) is 78.8 Å². The van der Waals surface area contributed by atoms with Gasteiger partial charge in [0, 0.05) is 17.8 Å². The Morgan fingerprint density at radius 2 is 2.28 bits per heavy atom. The Morgan fingerprint density at radius 1 is 1.50 bits per heavy atom. The molecule has 2 rings (SSSR count). The first-order valence-electron chi connectivity index (χ1n) is 5.75. The maximum atomic E-state index is 11.1. The van der Waals surface area contributed by atoms with Crippen molar-refractivity contribution in [1.82, 2.24) is 5.32 Å². The molecule has 1 heterocycles. The zero-order valence-corrected chi connectivity index (χ0v) is 10.0. The van der Waals surface area contributed by atoms with Crippen LogP contribution in [0.3, 0.4) is 0 Å². The molecule has 1 aromatic rings. The van der Waals surface area contributed by atoms with Crippen molar-refractivity contribution >= 4 is 17.9 Å². The number of amides is 2. The summed E-state index contributed by atoms with van der Waals surface area (Å²) in [5.41, 5.74) is 1.01. The quantitative estimate of drug-likeness (QED) is 0.690. The smallest absolute Gasteiger partial charge is 0.270 e. The summed E-state index contributed by atoms with van der Waals surface area (Å²) in [5.74, 6) is -0.613. The molecule has 2 amide bonds. The lowest BCUT2D eigenvalue weighted by Crippen LogP contribution is -2.34. The SMILES string of the molecule is C[C@H](O)C(=O)NCCc1ccc2c(c1)=CC(=O)N=2. The van der Waals surface area contributed by atoms with E-state index in [4.69, 9.17) is 5.11 Å². The van der Waals surface area contributed by atoms with Crippen molar-refractivity contribution in [1.29, 1.82) is 0 Å². The van der Waals surface area contributed by atoms with Gasteiger partial charge in [-0.25, -0.2) is 4.99 Å². The Bertz CT molecular complexity index is 605. The van der Waals surface area contributed by atoms with Gasteiger partial charge in [0.25, 0.3) is 5.91 Å². The zero-order valence-electron chi connectivity index (χ0n) is 10.0. The lowest BCUT2D eigenvalue weighted by Gasteiger charge is -2.06. The van der Waals surface area contributed by atoms with Crippen LogP contribution in [0.15, 0.2) is 23.2 Å². The Hall–Kier alpha value is -2.01. The van der Waals surface area contributed by atoms with E-state index in [0.29, 0.717) is 18.3 Å². The van der Waals surface area contributed by atoms with Gasteiger partial charge in [-0.15, -0.1) is 0 Å². The monoisotopic (exact) mass is 246 g/mol. The van der Waals surface area contributed by atoms with Gasteiger partial charge in [0.1, 0.15) is 6.10 Å². The molecule has 5 heteroatoms. The second-order valence-corrected chi connectivity index (χ2v) is 4.20. The molecule has 0 unspecified atom stereocenters. The summed E-state index contributed by atoms with van der Waals surface area (Å²) in [6.45, 7) is 1.88. The lowest BCUT2D eigenvalue weighted by molar-refractivity contribution is -0.128. The Labute approximate surface area is 104 Å². The fraction of sp³-hybridized carbons (Fsp3) is 0.308. The highest BCUT2D eigenvalue weighted by Gasteiger charge is 2.07. The van der Waals surface area contributed by atoms with Gasteiger partial charge in [-0.2, -0.15) is 0 Å². The average molecular weight is 246 g/mol. The number of fused-ring (bicyclic) bond motifs is 1. The maximum Gasteiger partial charge on any atom is 0.270 e. The molecule has 1 aliphatic rings. The summed E-state index contributed by atoms with van der Waals surface area (Å²) in [7, 11) is 0. The molecule has 2 N–H and O–H groups in total. The predicted molar refractivity (Wildman–Crippen MR) is 65.1 cm³/mol. The molecule has 1 atom stereocenters. The van der Waals surface area contributed by atoms with Crippen LogP contribution in [0.2, 0.25) is 0 Å². The zero-order chi connectivity index (χ0) is 13.1. The third-order valence-corrected chi connectivity index (χ3v) is 2.69. The third-order valence-electron chi connectivity index (χ3n) is 2.69. The van der Waals surface area contributed by atoms with Crippen molar-refractivity contribution in [2.24, 2.45) is 4.99 Å². The number of benzene rings is 1. The van der Waals surface area contributed by atoms with Crippen molar-refractivity contribution in [3.05, 3.63) is 34.3 Å². The second-order valence-electron chi connectivity index (χ2n) is 4.20. The van der Waals surface area contributed by atoms with E-state index < -0.39 is 6.10 Å². The number of nitrogens with one attached hydrogen (secondary N) is 1. The van der Waals surface area contributed by atoms with Crippen LogP contribution < -0.4 is 15.9 Å². The normalized spacial score (nSPS) is 14.4. The highest BCUT2D eigenvalue weighted by Crippen LogP contribution is 1.95. The minimum absolute atomic E-state index is 0.232. The van der Waals surface area contributed by atoms with Gasteiger partial charge in [0.2, 0.25) is 5.91 Å². The van der Waals surface area contributed by atoms with E-state index in [1.54, 1.807) is 6.07 Å². The van der Waals surface area contributed by atoms with Crippen LogP contribution in [0, 0.1) is 0 Å². The summed E-state index contributed by atoms with van der Waals surface area (Å²) in [4.78, 5) is 26.0. The molecule has 0 bridgehead atoms. The molecular formula is C13H14N2O3. The van der Waals surface area contributed by atoms with Crippen molar-refractivity contribution in [3.63, 3.8) is 0 Å². The standard InChI is InChI=1S/C13H14N2O3/c1-8(16)13(18)14-5-4-9-2-3-11-10(6-9)7-12(17)15-11/h2-3,6-8,16H,4-5H2,1H3,(H,14,18)/t8-/m0/s1. The van der Waals surface area contributed by atoms with Gasteiger partial charge in [0.15, 0.2) is 0 Å². The summed E-state index contributed by atoms with van der Waals surface area (Å²) in [6.07, 6.45) is 1.15. The molecule has 0 spiro atoms. The minimum Gasteiger partial charge on any atom is -0.384 e. The number of carbonyl (C=O) groups is 2. The number of aliphatic hydroxyl groups is 1. The summed E-state index contributed by atoms with van der Waals surface area (Å²) in [6, 6.07) is 5.56. The largest absolute Gasteiger partial charge is 0.384 e. The first kappa shape index (κ1) is 12.4. The van der Waals surface area contributed by atoms with Gasteiger partial charge in [-0.3, -0.25) is 9.59 Å². The van der Waals surface area contributed by atoms with Crippen LogP contribution in [0.25, 0.3) is 6.08 Å². The van der Waals surface area contributed by atoms with Crippen molar-refractivity contribution in [2.45, 2.75) is 19.4 Å². The molecular weight excluding hydrogens is 232 g/mol. The third kappa shape index (κ3) is 2.81. The van der Waals surface area contributed by atoms with Crippen LogP contribution in [-0.2, 0) is 16.0 Å². The van der Waals surface area contributed by atoms with E-state index in [-0.39, 0.29) is 11.8 Å². The second kappa shape index (κ2) is 5.10. The number of nitrogens with zero attached hydrogens (tertiary/aromatic N) is 1. The number of rotatable bonds is 4. The van der Waals surface area contributed by atoms with Crippen molar-refractivity contribution in [3.8, 4) is 0 Å². The fourth-order valence-electron chi connectivity index (χ4n) is 1.74. The summed E-state index contributed by atoms with van der Waals surface area (Å²) in [5, 5.41) is 13.1. The van der Waals surface area contributed by atoms with Crippen LogP contribution in [-0.4, -0.2) is 29.6 Å². The van der Waals surface area contributed by atoms with E-state index in [9.17, 15) is 9.59 Å². The average Bonchev–Trinajstić information content (AvgIpc) is 2.68. The van der Waals surface area contributed by atoms with E-state index in [0.717, 1.165) is 10.8 Å². The van der Waals surface area contributed by atoms with Gasteiger partial charge >= 0.3 is 0 Å². The van der Waals surface area contributed by atoms with E-state index in [1.807, 2.05) is 12.1 Å². The van der Waals surface area contributed by atoms with Crippen molar-refractivity contribution < 1.29 is 14.7 Å². The van der Waals surface area contributed by atoms with E-state index >= 15 is 0 Å². The van der Waals surface area contributed by atoms with Crippen LogP contribution in [0.4, 0.5) is 0 Å². The highest BCUT2D eigenvalue weighted by atomic mass is 16.3. The number of hydrogen-bond acceptors (Lipinski definition) is 3. The molecule has 0 aromatic heterocycles. The van der Waals surface area contributed by atoms with Gasteiger partial charge < -0.3 is 10.4 Å². The number of aliphatic hydroxyl groups excluding tert-OH is 1.